The second-order valence-corrected chi connectivity index (χ2v) is 27.5. The molecule has 0 radical (unpaired) electrons. The van der Waals surface area contributed by atoms with E-state index in [1.54, 1.807) is 11.3 Å². The van der Waals surface area contributed by atoms with Crippen molar-refractivity contribution in [1.29, 1.82) is 0 Å². The molecule has 0 aliphatic heterocycles. The highest BCUT2D eigenvalue weighted by Gasteiger charge is 2.32. The number of thiophene rings is 1. The maximum Gasteiger partial charge on any atom is 0.212 e. The van der Waals surface area contributed by atoms with Gasteiger partial charge in [-0.05, 0) is 153 Å². The number of rotatable bonds is 10. The summed E-state index contributed by atoms with van der Waals surface area (Å²) < 4.78 is 21.7. The van der Waals surface area contributed by atoms with Crippen LogP contribution in [0, 0.1) is 6.57 Å². The third kappa shape index (κ3) is 9.25. The third-order valence-corrected chi connectivity index (χ3v) is 21.7. The summed E-state index contributed by atoms with van der Waals surface area (Å²) in [5.41, 5.74) is 21.1. The van der Waals surface area contributed by atoms with Crippen molar-refractivity contribution in [2.24, 2.45) is 0 Å². The second kappa shape index (κ2) is 23.2. The van der Waals surface area contributed by atoms with E-state index in [1.807, 2.05) is 36.4 Å². The number of aromatic nitrogens is 5. The van der Waals surface area contributed by atoms with Crippen LogP contribution in [0.4, 0.5) is 5.69 Å². The summed E-state index contributed by atoms with van der Waals surface area (Å²) in [4.78, 5) is 21.5. The molecule has 0 saturated carbocycles. The summed E-state index contributed by atoms with van der Waals surface area (Å²) in [6, 6.07) is 115. The minimum Gasteiger partial charge on any atom is -0.455 e. The van der Waals surface area contributed by atoms with Gasteiger partial charge in [-0.25, -0.2) is 19.8 Å². The zero-order chi connectivity index (χ0) is 67.8. The van der Waals surface area contributed by atoms with Crippen molar-refractivity contribution in [2.75, 3.05) is 0 Å². The first-order valence-corrected chi connectivity index (χ1v) is 35.3. The number of benzene rings is 15. The molecule has 0 aliphatic carbocycles. The number of furan rings is 2. The lowest BCUT2D eigenvalue weighted by Gasteiger charge is -2.24. The number of hydrogen-bond acceptors (Lipinski definition) is 6. The van der Waals surface area contributed by atoms with Crippen LogP contribution in [-0.4, -0.2) is 24.1 Å². The van der Waals surface area contributed by atoms with E-state index in [0.29, 0.717) is 34.4 Å². The highest BCUT2D eigenvalue weighted by atomic mass is 32.1. The molecular weight excluding hydrogens is 1280 g/mol. The van der Waals surface area contributed by atoms with Gasteiger partial charge in [0, 0.05) is 74.7 Å². The predicted molar refractivity (Wildman–Crippen MR) is 426 cm³/mol. The molecule has 103 heavy (non-hydrogen) atoms. The van der Waals surface area contributed by atoms with Crippen molar-refractivity contribution in [3.8, 4) is 101 Å². The molecule has 6 heterocycles. The molecule has 15 aromatic carbocycles. The van der Waals surface area contributed by atoms with Gasteiger partial charge in [0.05, 0.1) is 50.8 Å². The Kier molecular flexibility index (Phi) is 13.1. The van der Waals surface area contributed by atoms with Gasteiger partial charge < -0.3 is 18.0 Å². The van der Waals surface area contributed by atoms with Crippen LogP contribution in [0.2, 0.25) is 0 Å². The van der Waals surface area contributed by atoms with E-state index < -0.39 is 0 Å². The van der Waals surface area contributed by atoms with Crippen molar-refractivity contribution in [3.63, 3.8) is 0 Å². The standard InChI is InChI=1S/C94H54N6O2S/c1-95-76-55-75(94-97-92(61-32-18-7-19-33-61)96-93(98-94)66-40-49-84-72(54-66)67-34-20-21-35-83(67)103-84)88(99-77-43-36-62(56-22-8-2-9-23-56)52-73(77)86-79(99)45-41-68-70-50-64(58-26-12-4-13-27-58)38-47-81(70)101-90(68)86)85(60-30-16-6-17-31-60)89(76)100-78-44-37-63(57-24-10-3-11-25-57)53-74(78)87-80(100)46-42-69-71-51-65(59-28-14-5-15-29-59)39-48-82(71)102-91(69)87/h2-55H. The minimum absolute atomic E-state index is 0.385. The van der Waals surface area contributed by atoms with Crippen LogP contribution in [0.1, 0.15) is 0 Å². The molecule has 21 rings (SSSR count). The summed E-state index contributed by atoms with van der Waals surface area (Å²) in [6.07, 6.45) is 0. The molecule has 0 unspecified atom stereocenters. The smallest absolute Gasteiger partial charge is 0.212 e. The Morgan fingerprint density at radius 3 is 1.17 bits per heavy atom. The molecule has 0 bridgehead atoms. The average Bonchev–Trinajstić information content (AvgIpc) is 1.57. The van der Waals surface area contributed by atoms with Gasteiger partial charge in [-0.15, -0.1) is 11.3 Å². The maximum absolute atomic E-state index is 9.79. The molecule has 6 aromatic heterocycles. The number of fused-ring (bicyclic) bond motifs is 17. The number of nitrogens with zero attached hydrogens (tertiary/aromatic N) is 6. The Balaban J connectivity index is 0.930. The van der Waals surface area contributed by atoms with Gasteiger partial charge in [-0.2, -0.15) is 0 Å². The van der Waals surface area contributed by atoms with Crippen molar-refractivity contribution in [2.45, 2.75) is 0 Å². The van der Waals surface area contributed by atoms with Crippen LogP contribution in [0.15, 0.2) is 336 Å². The fraction of sp³-hybridized carbons (Fsp3) is 0. The molecule has 21 aromatic rings. The molecule has 478 valence electrons. The van der Waals surface area contributed by atoms with Gasteiger partial charge in [0.2, 0.25) is 5.69 Å². The molecule has 0 N–H and O–H groups in total. The van der Waals surface area contributed by atoms with Crippen LogP contribution in [-0.2, 0) is 0 Å². The maximum atomic E-state index is 9.79. The van der Waals surface area contributed by atoms with Crippen LogP contribution in [0.3, 0.4) is 0 Å². The first-order chi connectivity index (χ1) is 51.0. The SMILES string of the molecule is [C-]#[N+]c1cc(-c2nc(-c3ccccc3)nc(-c3ccc4sc5ccccc5c4c3)n2)c(-n2c3ccc(-c4ccccc4)cc3c3c4oc5ccc(-c6ccccc6)cc5c4ccc32)c(-c2ccccc2)c1-n1c2ccc(-c3ccccc3)cc2c2c3oc4ccc(-c5ccccc5)cc4c3ccc21. The summed E-state index contributed by atoms with van der Waals surface area (Å²) in [5.74, 6) is 1.38. The van der Waals surface area contributed by atoms with E-state index in [2.05, 4.69) is 300 Å². The summed E-state index contributed by atoms with van der Waals surface area (Å²) in [7, 11) is 0. The molecule has 0 fully saturated rings. The van der Waals surface area contributed by atoms with Gasteiger partial charge in [0.1, 0.15) is 22.3 Å². The zero-order valence-corrected chi connectivity index (χ0v) is 55.9. The van der Waals surface area contributed by atoms with E-state index in [1.165, 1.54) is 14.8 Å². The summed E-state index contributed by atoms with van der Waals surface area (Å²) in [5, 5.41) is 10.2. The number of hydrogen-bond donors (Lipinski definition) is 0. The first kappa shape index (κ1) is 58.2. The van der Waals surface area contributed by atoms with Crippen molar-refractivity contribution < 1.29 is 8.83 Å². The third-order valence-electron chi connectivity index (χ3n) is 20.6. The lowest BCUT2D eigenvalue weighted by Crippen LogP contribution is -2.08. The Morgan fingerprint density at radius 1 is 0.282 bits per heavy atom. The highest BCUT2D eigenvalue weighted by Crippen LogP contribution is 2.53. The normalized spacial score (nSPS) is 11.9. The largest absolute Gasteiger partial charge is 0.455 e. The Bertz CT molecular complexity index is 7090. The highest BCUT2D eigenvalue weighted by molar-refractivity contribution is 7.25. The quantitative estimate of drug-likeness (QED) is 0.128. The second-order valence-electron chi connectivity index (χ2n) is 26.4. The fourth-order valence-corrected chi connectivity index (χ4v) is 16.9. The molecular formula is C94H54N6O2S. The summed E-state index contributed by atoms with van der Waals surface area (Å²) >= 11 is 1.78. The molecule has 0 amide bonds. The van der Waals surface area contributed by atoms with Crippen LogP contribution < -0.4 is 0 Å². The van der Waals surface area contributed by atoms with Crippen LogP contribution >= 0.6 is 11.3 Å². The lowest BCUT2D eigenvalue weighted by atomic mass is 9.94. The van der Waals surface area contributed by atoms with Gasteiger partial charge in [-0.3, -0.25) is 0 Å². The molecule has 0 spiro atoms. The Hall–Kier alpha value is -13.8. The molecule has 9 heteroatoms. The predicted octanol–water partition coefficient (Wildman–Crippen LogP) is 26.1. The lowest BCUT2D eigenvalue weighted by molar-refractivity contribution is 0.672. The fourth-order valence-electron chi connectivity index (χ4n) is 15.8. The Morgan fingerprint density at radius 2 is 0.670 bits per heavy atom. The van der Waals surface area contributed by atoms with Gasteiger partial charge in [-0.1, -0.05) is 224 Å². The van der Waals surface area contributed by atoms with Crippen molar-refractivity contribution in [3.05, 3.63) is 339 Å². The average molecular weight is 1330 g/mol. The van der Waals surface area contributed by atoms with E-state index in [9.17, 15) is 6.57 Å². The summed E-state index contributed by atoms with van der Waals surface area (Å²) in [6.45, 7) is 9.79. The molecule has 8 nitrogen and oxygen atoms in total. The van der Waals surface area contributed by atoms with Gasteiger partial charge in [0.15, 0.2) is 17.5 Å². The molecule has 0 aliphatic rings. The topological polar surface area (TPSA) is 79.2 Å². The van der Waals surface area contributed by atoms with Crippen LogP contribution in [0.25, 0.3) is 214 Å². The van der Waals surface area contributed by atoms with Crippen molar-refractivity contribution >= 4 is 125 Å². The molecule has 0 saturated heterocycles. The monoisotopic (exact) mass is 1330 g/mol. The van der Waals surface area contributed by atoms with E-state index in [-0.39, 0.29) is 0 Å². The molecule has 0 atom stereocenters. The minimum atomic E-state index is 0.385. The van der Waals surface area contributed by atoms with Crippen molar-refractivity contribution in [1.82, 2.24) is 24.1 Å². The zero-order valence-electron chi connectivity index (χ0n) is 55.1. The van der Waals surface area contributed by atoms with Gasteiger partial charge in [0.25, 0.3) is 0 Å². The van der Waals surface area contributed by atoms with Crippen LogP contribution in [0.5, 0.6) is 0 Å². The van der Waals surface area contributed by atoms with E-state index in [0.717, 1.165) is 165 Å². The van der Waals surface area contributed by atoms with E-state index in [4.69, 9.17) is 28.6 Å². The van der Waals surface area contributed by atoms with E-state index >= 15 is 0 Å². The Labute approximate surface area is 594 Å². The van der Waals surface area contributed by atoms with Gasteiger partial charge >= 0.3 is 0 Å². The first-order valence-electron chi connectivity index (χ1n) is 34.5.